The summed E-state index contributed by atoms with van der Waals surface area (Å²) >= 11 is 0. The van der Waals surface area contributed by atoms with Gasteiger partial charge in [-0.05, 0) is 24.6 Å². The predicted molar refractivity (Wildman–Crippen MR) is 66.6 cm³/mol. The molecule has 0 aliphatic rings. The van der Waals surface area contributed by atoms with Crippen LogP contribution in [0.3, 0.4) is 0 Å². The summed E-state index contributed by atoms with van der Waals surface area (Å²) in [6, 6.07) is 7.22. The maximum absolute atomic E-state index is 8.92. The van der Waals surface area contributed by atoms with Gasteiger partial charge in [-0.2, -0.15) is 5.26 Å². The third kappa shape index (κ3) is 3.94. The third-order valence-electron chi connectivity index (χ3n) is 2.39. The van der Waals surface area contributed by atoms with Crippen LogP contribution >= 0.6 is 0 Å². The molecule has 0 heterocycles. The zero-order chi connectivity index (χ0) is 12.7. The fourth-order valence-corrected chi connectivity index (χ4v) is 1.53. The van der Waals surface area contributed by atoms with Gasteiger partial charge in [0.15, 0.2) is 0 Å². The summed E-state index contributed by atoms with van der Waals surface area (Å²) < 4.78 is 5.05. The molecule has 0 saturated carbocycles. The van der Waals surface area contributed by atoms with Gasteiger partial charge >= 0.3 is 0 Å². The second kappa shape index (κ2) is 6.74. The van der Waals surface area contributed by atoms with Crippen molar-refractivity contribution in [3.05, 3.63) is 23.8 Å². The molecule has 1 unspecified atom stereocenters. The minimum absolute atomic E-state index is 0.0140. The number of rotatable bonds is 6. The first-order valence-electron chi connectivity index (χ1n) is 5.37. The molecule has 0 aliphatic heterocycles. The van der Waals surface area contributed by atoms with Gasteiger partial charge in [-0.1, -0.05) is 0 Å². The van der Waals surface area contributed by atoms with E-state index in [-0.39, 0.29) is 12.6 Å². The number of anilines is 2. The summed E-state index contributed by atoms with van der Waals surface area (Å²) in [4.78, 5) is 0. The maximum Gasteiger partial charge on any atom is 0.101 e. The summed E-state index contributed by atoms with van der Waals surface area (Å²) in [5.74, 6) is 0. The first-order chi connectivity index (χ1) is 8.21. The van der Waals surface area contributed by atoms with E-state index in [1.54, 1.807) is 25.3 Å². The van der Waals surface area contributed by atoms with Crippen molar-refractivity contribution < 1.29 is 9.84 Å². The minimum atomic E-state index is 0.0140. The molecule has 0 radical (unpaired) electrons. The fourth-order valence-electron chi connectivity index (χ4n) is 1.53. The number of benzene rings is 1. The lowest BCUT2D eigenvalue weighted by molar-refractivity contribution is 0.170. The summed E-state index contributed by atoms with van der Waals surface area (Å²) in [5.41, 5.74) is 7.33. The van der Waals surface area contributed by atoms with Gasteiger partial charge in [0.25, 0.3) is 0 Å². The zero-order valence-corrected chi connectivity index (χ0v) is 9.81. The summed E-state index contributed by atoms with van der Waals surface area (Å²) in [6.45, 7) is 0.577. The van der Waals surface area contributed by atoms with Crippen molar-refractivity contribution >= 4 is 11.4 Å². The summed E-state index contributed by atoms with van der Waals surface area (Å²) in [6.07, 6.45) is 0.583. The summed E-state index contributed by atoms with van der Waals surface area (Å²) in [5, 5.41) is 21.0. The first-order valence-corrected chi connectivity index (χ1v) is 5.37. The van der Waals surface area contributed by atoms with Crippen LogP contribution in [0.15, 0.2) is 18.2 Å². The number of nitrogens with two attached hydrogens (primary N) is 1. The van der Waals surface area contributed by atoms with Gasteiger partial charge in [0.1, 0.15) is 6.07 Å². The molecule has 4 N–H and O–H groups in total. The molecule has 0 amide bonds. The number of hydrogen-bond acceptors (Lipinski definition) is 5. The second-order valence-electron chi connectivity index (χ2n) is 3.72. The average Bonchev–Trinajstić information content (AvgIpc) is 2.32. The van der Waals surface area contributed by atoms with Crippen molar-refractivity contribution in [1.29, 1.82) is 5.26 Å². The van der Waals surface area contributed by atoms with Crippen LogP contribution in [0.2, 0.25) is 0 Å². The highest BCUT2D eigenvalue weighted by atomic mass is 16.5. The van der Waals surface area contributed by atoms with Crippen LogP contribution in [0.5, 0.6) is 0 Å². The number of nitrogen functional groups attached to an aromatic ring is 1. The number of methoxy groups -OCH3 is 1. The minimum Gasteiger partial charge on any atom is -0.398 e. The Hall–Kier alpha value is -1.77. The molecular weight excluding hydrogens is 218 g/mol. The van der Waals surface area contributed by atoms with E-state index in [1.165, 1.54) is 0 Å². The normalized spacial score (nSPS) is 11.8. The van der Waals surface area contributed by atoms with E-state index in [9.17, 15) is 0 Å². The molecule has 1 rings (SSSR count). The Balaban J connectivity index is 2.75. The second-order valence-corrected chi connectivity index (χ2v) is 3.72. The Labute approximate surface area is 101 Å². The van der Waals surface area contributed by atoms with Crippen molar-refractivity contribution in [3.63, 3.8) is 0 Å². The van der Waals surface area contributed by atoms with E-state index in [1.807, 2.05) is 6.07 Å². The molecule has 0 aliphatic carbocycles. The van der Waals surface area contributed by atoms with Gasteiger partial charge in [-0.3, -0.25) is 0 Å². The van der Waals surface area contributed by atoms with Crippen LogP contribution in [-0.2, 0) is 4.74 Å². The molecule has 0 fully saturated rings. The molecule has 5 heteroatoms. The van der Waals surface area contributed by atoms with E-state index in [0.29, 0.717) is 24.3 Å². The van der Waals surface area contributed by atoms with Crippen LogP contribution in [0.25, 0.3) is 0 Å². The molecule has 5 nitrogen and oxygen atoms in total. The molecule has 1 atom stereocenters. The average molecular weight is 235 g/mol. The lowest BCUT2D eigenvalue weighted by Gasteiger charge is -2.18. The third-order valence-corrected chi connectivity index (χ3v) is 2.39. The van der Waals surface area contributed by atoms with Crippen LogP contribution in [0.4, 0.5) is 11.4 Å². The van der Waals surface area contributed by atoms with Gasteiger partial charge in [0.05, 0.1) is 18.2 Å². The lowest BCUT2D eigenvalue weighted by atomic mass is 10.1. The van der Waals surface area contributed by atoms with E-state index < -0.39 is 0 Å². The van der Waals surface area contributed by atoms with Crippen LogP contribution in [-0.4, -0.2) is 31.5 Å². The Bertz CT molecular complexity index is 395. The highest BCUT2D eigenvalue weighted by Gasteiger charge is 2.08. The van der Waals surface area contributed by atoms with E-state index >= 15 is 0 Å². The van der Waals surface area contributed by atoms with Gasteiger partial charge in [-0.15, -0.1) is 0 Å². The monoisotopic (exact) mass is 235 g/mol. The SMILES string of the molecule is COCC(CCO)Nc1ccc(N)c(C#N)c1. The number of aliphatic hydroxyl groups is 1. The smallest absolute Gasteiger partial charge is 0.101 e. The fraction of sp³-hybridized carbons (Fsp3) is 0.417. The molecular formula is C12H17N3O2. The molecule has 0 aromatic heterocycles. The quantitative estimate of drug-likeness (QED) is 0.638. The molecule has 0 bridgehead atoms. The van der Waals surface area contributed by atoms with Crippen molar-refractivity contribution in [2.24, 2.45) is 0 Å². The molecule has 17 heavy (non-hydrogen) atoms. The van der Waals surface area contributed by atoms with Crippen molar-refractivity contribution in [2.75, 3.05) is 31.4 Å². The maximum atomic E-state index is 8.92. The van der Waals surface area contributed by atoms with Crippen LogP contribution < -0.4 is 11.1 Å². The molecule has 1 aromatic carbocycles. The van der Waals surface area contributed by atoms with Crippen LogP contribution in [0, 0.1) is 11.3 Å². The van der Waals surface area contributed by atoms with Crippen LogP contribution in [0.1, 0.15) is 12.0 Å². The molecule has 92 valence electrons. The number of nitrogens with zero attached hydrogens (tertiary/aromatic N) is 1. The Morgan fingerprint density at radius 1 is 1.59 bits per heavy atom. The number of nitriles is 1. The van der Waals surface area contributed by atoms with Gasteiger partial charge in [0, 0.05) is 25.1 Å². The number of nitrogens with one attached hydrogen (secondary N) is 1. The molecule has 0 saturated heterocycles. The Morgan fingerprint density at radius 3 is 2.94 bits per heavy atom. The largest absolute Gasteiger partial charge is 0.398 e. The van der Waals surface area contributed by atoms with E-state index in [2.05, 4.69) is 5.32 Å². The van der Waals surface area contributed by atoms with E-state index in [0.717, 1.165) is 5.69 Å². The Kier molecular flexibility index (Phi) is 5.27. The zero-order valence-electron chi connectivity index (χ0n) is 9.81. The topological polar surface area (TPSA) is 91.3 Å². The molecule has 0 spiro atoms. The van der Waals surface area contributed by atoms with Crippen molar-refractivity contribution in [1.82, 2.24) is 0 Å². The highest BCUT2D eigenvalue weighted by Crippen LogP contribution is 2.18. The Morgan fingerprint density at radius 2 is 2.35 bits per heavy atom. The number of ether oxygens (including phenoxy) is 1. The van der Waals surface area contributed by atoms with Gasteiger partial charge in [0.2, 0.25) is 0 Å². The lowest BCUT2D eigenvalue weighted by Crippen LogP contribution is -2.26. The predicted octanol–water partition coefficient (Wildman–Crippen LogP) is 0.950. The molecule has 1 aromatic rings. The number of hydrogen-bond donors (Lipinski definition) is 3. The standard InChI is InChI=1S/C12H17N3O2/c1-17-8-11(4-5-16)15-10-2-3-12(14)9(6-10)7-13/h2-3,6,11,15-16H,4-5,8,14H2,1H3. The highest BCUT2D eigenvalue weighted by molar-refractivity contribution is 5.62. The van der Waals surface area contributed by atoms with Gasteiger partial charge < -0.3 is 20.9 Å². The number of aliphatic hydroxyl groups excluding tert-OH is 1. The van der Waals surface area contributed by atoms with Crippen molar-refractivity contribution in [2.45, 2.75) is 12.5 Å². The van der Waals surface area contributed by atoms with E-state index in [4.69, 9.17) is 20.8 Å². The van der Waals surface area contributed by atoms with Gasteiger partial charge in [-0.25, -0.2) is 0 Å². The van der Waals surface area contributed by atoms with Crippen molar-refractivity contribution in [3.8, 4) is 6.07 Å². The first kappa shape index (κ1) is 13.3. The summed E-state index contributed by atoms with van der Waals surface area (Å²) in [7, 11) is 1.61.